The Hall–Kier alpha value is -8.44. The van der Waals surface area contributed by atoms with Gasteiger partial charge in [0.1, 0.15) is 34.5 Å². The fourth-order valence-electron chi connectivity index (χ4n) is 15.8. The SMILES string of the molecule is Cc1cc(Cc2cc(C(C)(C)C)cc(C(C)(C)C)c2O)c([O-])c(Cc2cc(C(C)(C)C)cc(C(C)(C)C)c2O)c1.Cc1cc(Cc2cc(C(C)(C)C)cc(C(C)(C)C)c2O)c([O-])c(Cc2cc(C(C)(C)C)cc(C(C)(C)C)c2O)c1.Cc1cc(Cc2cc(C(C)(C)C)cc(C(C)(C)C)c2O)c([O-])c(Cc2cc(C(C)(C)C)cc(C(C)(C)C)c2O)c1.[O]=[V+3]. The summed E-state index contributed by atoms with van der Waals surface area (Å²) in [7, 11) is 0. The molecule has 0 unspecified atom stereocenters. The third-order valence-electron chi connectivity index (χ3n) is 23.6. The molecule has 9 rings (SSSR count). The van der Waals surface area contributed by atoms with Gasteiger partial charge in [-0.15, -0.1) is 17.2 Å². The molecule has 0 aliphatic rings. The minimum atomic E-state index is -0.238. The molecule has 0 saturated heterocycles. The molecule has 0 fully saturated rings. The Morgan fingerprint density at radius 1 is 0.189 bits per heavy atom. The predicted molar refractivity (Wildman–Crippen MR) is 502 cm³/mol. The fourth-order valence-corrected chi connectivity index (χ4v) is 15.8. The third-order valence-corrected chi connectivity index (χ3v) is 23.6. The maximum atomic E-state index is 13.9. The van der Waals surface area contributed by atoms with Gasteiger partial charge < -0.3 is 46.0 Å². The topological polar surface area (TPSA) is 208 Å². The molecule has 0 spiro atoms. The van der Waals surface area contributed by atoms with E-state index in [4.69, 9.17) is 3.67 Å². The van der Waals surface area contributed by atoms with Gasteiger partial charge in [-0.1, -0.05) is 409 Å². The van der Waals surface area contributed by atoms with E-state index in [9.17, 15) is 46.0 Å². The van der Waals surface area contributed by atoms with Crippen molar-refractivity contribution >= 4 is 0 Å². The Morgan fingerprint density at radius 2 is 0.295 bits per heavy atom. The van der Waals surface area contributed by atoms with Crippen molar-refractivity contribution in [2.45, 2.75) is 374 Å². The van der Waals surface area contributed by atoms with Gasteiger partial charge in [-0.2, -0.15) is 0 Å². The molecule has 0 radical (unpaired) electrons. The van der Waals surface area contributed by atoms with E-state index in [2.05, 4.69) is 322 Å². The monoisotopic (exact) mass is 1700 g/mol. The second kappa shape index (κ2) is 36.6. The van der Waals surface area contributed by atoms with E-state index in [1.165, 1.54) is 0 Å². The quantitative estimate of drug-likeness (QED) is 0.0682. The zero-order valence-electron chi connectivity index (χ0n) is 82.4. The molecule has 11 heteroatoms. The molecule has 0 amide bonds. The van der Waals surface area contributed by atoms with Crippen LogP contribution in [-0.4, -0.2) is 30.6 Å². The van der Waals surface area contributed by atoms with E-state index < -0.39 is 0 Å². The van der Waals surface area contributed by atoms with Gasteiger partial charge in [0.05, 0.1) is 0 Å². The van der Waals surface area contributed by atoms with Crippen LogP contribution in [0.5, 0.6) is 51.7 Å². The molecule has 9 aromatic carbocycles. The molecule has 0 heterocycles. The maximum absolute atomic E-state index is 13.9. The standard InChI is InChI=1S/3C37H52O3.O.V/c3*1-22-14-23(16-25-18-27(34(2,3)4)20-29(32(25)39)36(8,9)10)31(38)24(15-22)17-26-19-28(35(5,6)7)21-30(33(26)40)37(11,12)13;;/h3*14-15,18-21,38-40H,16-17H2,1-13H3;;/q;;;;+3/p-3. The molecule has 9 aromatic rings. The van der Waals surface area contributed by atoms with Crippen molar-refractivity contribution in [2.75, 3.05) is 0 Å². The first-order valence-electron chi connectivity index (χ1n) is 43.8. The van der Waals surface area contributed by atoms with Gasteiger partial charge >= 0.3 is 21.0 Å². The molecule has 0 saturated carbocycles. The molecule has 122 heavy (non-hydrogen) atoms. The van der Waals surface area contributed by atoms with Crippen molar-refractivity contribution < 1.29 is 67.0 Å². The molecule has 0 aliphatic heterocycles. The molecule has 6 N–H and O–H groups in total. The molecule has 662 valence electrons. The predicted octanol–water partition coefficient (Wildman–Crippen LogP) is 26.4. The zero-order valence-corrected chi connectivity index (χ0v) is 83.8. The molecule has 10 nitrogen and oxygen atoms in total. The Balaban J connectivity index is 0.000000280. The van der Waals surface area contributed by atoms with Gasteiger partial charge in [0.25, 0.3) is 0 Å². The number of benzene rings is 9. The number of hydrogen-bond acceptors (Lipinski definition) is 10. The van der Waals surface area contributed by atoms with Crippen LogP contribution in [0.4, 0.5) is 0 Å². The van der Waals surface area contributed by atoms with Gasteiger partial charge in [0, 0.05) is 38.5 Å². The van der Waals surface area contributed by atoms with Crippen LogP contribution < -0.4 is 15.3 Å². The van der Waals surface area contributed by atoms with E-state index in [0.717, 1.165) is 134 Å². The molecular weight excluding hydrogens is 1540 g/mol. The van der Waals surface area contributed by atoms with E-state index >= 15 is 0 Å². The van der Waals surface area contributed by atoms with Crippen molar-refractivity contribution in [1.82, 2.24) is 0 Å². The van der Waals surface area contributed by atoms with Crippen LogP contribution in [-0.2, 0) is 125 Å². The molecular formula is C111H153O10V. The van der Waals surface area contributed by atoms with Crippen LogP contribution in [0.15, 0.2) is 109 Å². The van der Waals surface area contributed by atoms with E-state index in [1.54, 1.807) is 0 Å². The van der Waals surface area contributed by atoms with Crippen LogP contribution in [0, 0.1) is 20.8 Å². The fraction of sp³-hybridized carbons (Fsp3) is 0.514. The van der Waals surface area contributed by atoms with Crippen LogP contribution in [0.3, 0.4) is 0 Å². The average molecular weight is 1700 g/mol. The number of aromatic hydroxyl groups is 6. The van der Waals surface area contributed by atoms with Gasteiger partial charge in [0.15, 0.2) is 0 Å². The van der Waals surface area contributed by atoms with Crippen molar-refractivity contribution in [3.63, 3.8) is 0 Å². The second-order valence-corrected chi connectivity index (χ2v) is 47.5. The summed E-state index contributed by atoms with van der Waals surface area (Å²) in [5.74, 6) is 1.55. The molecule has 0 aliphatic carbocycles. The first kappa shape index (κ1) is 102. The molecule has 0 aromatic heterocycles. The molecule has 0 atom stereocenters. The summed E-state index contributed by atoms with van der Waals surface area (Å²) in [5.41, 5.74) is 21.9. The summed E-state index contributed by atoms with van der Waals surface area (Å²) < 4.78 is 8.19. The van der Waals surface area contributed by atoms with Crippen LogP contribution in [0.25, 0.3) is 0 Å². The summed E-state index contributed by atoms with van der Waals surface area (Å²) >= 11 is 1.06. The summed E-state index contributed by atoms with van der Waals surface area (Å²) in [4.78, 5) is 0. The summed E-state index contributed by atoms with van der Waals surface area (Å²) in [6.45, 7) is 82.9. The summed E-state index contributed by atoms with van der Waals surface area (Å²) in [6.07, 6.45) is 2.13. The Bertz CT molecular complexity index is 4430. The summed E-state index contributed by atoms with van der Waals surface area (Å²) in [5, 5.41) is 110. The van der Waals surface area contributed by atoms with Crippen LogP contribution >= 0.6 is 0 Å². The Morgan fingerprint density at radius 3 is 0.385 bits per heavy atom. The number of aryl methyl sites for hydroxylation is 3. The normalized spacial score (nSPS) is 13.0. The number of phenolic OH excluding ortho intramolecular Hbond substituents is 6. The zero-order chi connectivity index (χ0) is 93.8. The first-order chi connectivity index (χ1) is 55.0. The van der Waals surface area contributed by atoms with Gasteiger partial charge in [-0.25, -0.2) is 0 Å². The van der Waals surface area contributed by atoms with Crippen LogP contribution in [0.2, 0.25) is 0 Å². The average Bonchev–Trinajstić information content (AvgIpc) is 0.784. The van der Waals surface area contributed by atoms with Gasteiger partial charge in [0.2, 0.25) is 0 Å². The van der Waals surface area contributed by atoms with Crippen molar-refractivity contribution in [3.8, 4) is 51.7 Å². The van der Waals surface area contributed by atoms with Crippen molar-refractivity contribution in [3.05, 3.63) is 259 Å². The van der Waals surface area contributed by atoms with Crippen molar-refractivity contribution in [1.29, 1.82) is 0 Å². The molecule has 0 bridgehead atoms. The minimum absolute atomic E-state index is 0.0265. The number of rotatable bonds is 12. The Labute approximate surface area is 746 Å². The Kier molecular flexibility index (Phi) is 30.7. The van der Waals surface area contributed by atoms with Gasteiger partial charge in [-0.05, 0) is 186 Å². The van der Waals surface area contributed by atoms with E-state index in [0.29, 0.717) is 71.9 Å². The number of hydrogen-bond donors (Lipinski definition) is 6. The van der Waals surface area contributed by atoms with E-state index in [-0.39, 0.29) is 117 Å². The van der Waals surface area contributed by atoms with Crippen molar-refractivity contribution in [2.24, 2.45) is 0 Å². The van der Waals surface area contributed by atoms with E-state index in [1.807, 2.05) is 57.2 Å². The second-order valence-electron chi connectivity index (χ2n) is 47.5. The van der Waals surface area contributed by atoms with Crippen LogP contribution in [0.1, 0.15) is 399 Å². The number of phenols is 6. The third kappa shape index (κ3) is 25.4. The van der Waals surface area contributed by atoms with Gasteiger partial charge in [-0.3, -0.25) is 0 Å². The summed E-state index contributed by atoms with van der Waals surface area (Å²) in [6, 6.07) is 36.6. The first-order valence-corrected chi connectivity index (χ1v) is 44.3.